The topological polar surface area (TPSA) is 39.7 Å². The highest BCUT2D eigenvalue weighted by Crippen LogP contribution is 2.36. The average molecular weight is 334 g/mol. The molecule has 2 aliphatic heterocycles. The highest BCUT2D eigenvalue weighted by atomic mass is 19.1. The van der Waals surface area contributed by atoms with E-state index in [0.717, 1.165) is 0 Å². The Bertz CT molecular complexity index is 911. The molecule has 2 aliphatic rings. The van der Waals surface area contributed by atoms with Crippen LogP contribution in [0.25, 0.3) is 0 Å². The van der Waals surface area contributed by atoms with Crippen LogP contribution in [0.1, 0.15) is 24.7 Å². The van der Waals surface area contributed by atoms with Gasteiger partial charge < -0.3 is 19.5 Å². The van der Waals surface area contributed by atoms with E-state index in [0.29, 0.717) is 11.3 Å². The van der Waals surface area contributed by atoms with Crippen molar-refractivity contribution in [3.63, 3.8) is 0 Å². The number of nitrogens with one attached hydrogen (secondary N) is 1. The van der Waals surface area contributed by atoms with Gasteiger partial charge in [0.15, 0.2) is 11.5 Å². The van der Waals surface area contributed by atoms with Gasteiger partial charge in [-0.05, 0) is 48.6 Å². The van der Waals surface area contributed by atoms with Gasteiger partial charge in [-0.25, -0.2) is 4.39 Å². The van der Waals surface area contributed by atoms with E-state index in [4.69, 9.17) is 21.1 Å². The third kappa shape index (κ3) is 3.17. The third-order valence-corrected chi connectivity index (χ3v) is 4.13. The molecule has 4 nitrogen and oxygen atoms in total. The fraction of sp³-hybridized carbons (Fsp3) is 0.368. The molecule has 2 atom stereocenters. The quantitative estimate of drug-likeness (QED) is 0.931. The van der Waals surface area contributed by atoms with E-state index < -0.39 is 30.9 Å². The highest BCUT2D eigenvalue weighted by Gasteiger charge is 2.27. The molecule has 1 saturated heterocycles. The van der Waals surface area contributed by atoms with Crippen molar-refractivity contribution in [2.45, 2.75) is 12.3 Å². The van der Waals surface area contributed by atoms with Crippen LogP contribution in [-0.2, 0) is 0 Å². The van der Waals surface area contributed by atoms with E-state index in [2.05, 4.69) is 5.32 Å². The first-order chi connectivity index (χ1) is 13.6. The average Bonchev–Trinajstić information content (AvgIpc) is 2.94. The lowest BCUT2D eigenvalue weighted by Crippen LogP contribution is -2.38. The van der Waals surface area contributed by atoms with Crippen LogP contribution in [0, 0.1) is 11.7 Å². The summed E-state index contributed by atoms with van der Waals surface area (Å²) in [6.45, 7) is -3.63. The minimum atomic E-state index is -2.22. The summed E-state index contributed by atoms with van der Waals surface area (Å²) >= 11 is 0. The van der Waals surface area contributed by atoms with Gasteiger partial charge in [0.1, 0.15) is 14.3 Å². The maximum Gasteiger partial charge on any atom is 0.231 e. The highest BCUT2D eigenvalue weighted by molar-refractivity contribution is 5.46. The van der Waals surface area contributed by atoms with E-state index in [1.54, 1.807) is 12.1 Å². The minimum absolute atomic E-state index is 0.108. The molecule has 2 heterocycles. The van der Waals surface area contributed by atoms with Gasteiger partial charge in [-0.1, -0.05) is 12.1 Å². The van der Waals surface area contributed by atoms with Crippen molar-refractivity contribution < 1.29 is 25.5 Å². The number of piperidine rings is 1. The predicted octanol–water partition coefficient (Wildman–Crippen LogP) is 3.33. The van der Waals surface area contributed by atoms with E-state index in [-0.39, 0.29) is 31.1 Å². The maximum absolute atomic E-state index is 13.3. The molecule has 24 heavy (non-hydrogen) atoms. The number of ether oxygens (including phenoxy) is 3. The second-order valence-corrected chi connectivity index (χ2v) is 5.67. The molecule has 1 unspecified atom stereocenters. The molecule has 1 fully saturated rings. The molecular weight excluding hydrogens is 309 g/mol. The van der Waals surface area contributed by atoms with Gasteiger partial charge >= 0.3 is 0 Å². The van der Waals surface area contributed by atoms with Crippen molar-refractivity contribution >= 4 is 0 Å². The lowest BCUT2D eigenvalue weighted by molar-refractivity contribution is 0.173. The Morgan fingerprint density at radius 3 is 2.92 bits per heavy atom. The number of rotatable bonds is 4. The lowest BCUT2D eigenvalue weighted by Gasteiger charge is -2.32. The third-order valence-electron chi connectivity index (χ3n) is 4.13. The molecule has 2 aromatic carbocycles. The molecule has 0 bridgehead atoms. The van der Waals surface area contributed by atoms with Gasteiger partial charge in [-0.2, -0.15) is 0 Å². The Morgan fingerprint density at radius 1 is 1.21 bits per heavy atom. The van der Waals surface area contributed by atoms with E-state index in [1.807, 2.05) is 0 Å². The summed E-state index contributed by atoms with van der Waals surface area (Å²) in [6.07, 6.45) is -0.110. The first-order valence-corrected chi connectivity index (χ1v) is 7.72. The molecule has 0 aliphatic carbocycles. The van der Waals surface area contributed by atoms with Crippen LogP contribution in [0.15, 0.2) is 42.5 Å². The lowest BCUT2D eigenvalue weighted by atomic mass is 9.81. The molecule has 126 valence electrons. The van der Waals surface area contributed by atoms with Gasteiger partial charge in [0.2, 0.25) is 6.75 Å². The molecule has 5 heteroatoms. The van der Waals surface area contributed by atoms with E-state index in [9.17, 15) is 4.39 Å². The number of hydrogen-bond donors (Lipinski definition) is 1. The summed E-state index contributed by atoms with van der Waals surface area (Å²) in [5, 5.41) is 2.80. The number of benzene rings is 2. The van der Waals surface area contributed by atoms with Gasteiger partial charge in [0, 0.05) is 22.6 Å². The molecule has 2 aromatic rings. The number of fused-ring (bicyclic) bond motifs is 1. The molecule has 4 rings (SSSR count). The number of hydrogen-bond acceptors (Lipinski definition) is 4. The SMILES string of the molecule is [2H]C1([2H])CC([2H])(c2ccc(F)cc2)[C@H](COc2ccc3c(c2)OC([2H])([2H])O3)CN1. The van der Waals surface area contributed by atoms with Crippen LogP contribution in [0.5, 0.6) is 17.2 Å². The monoisotopic (exact) mass is 334 g/mol. The van der Waals surface area contributed by atoms with Crippen molar-refractivity contribution in [2.24, 2.45) is 5.92 Å². The smallest absolute Gasteiger partial charge is 0.231 e. The van der Waals surface area contributed by atoms with Gasteiger partial charge in [-0.3, -0.25) is 0 Å². The summed E-state index contributed by atoms with van der Waals surface area (Å²) in [7, 11) is 0. The van der Waals surface area contributed by atoms with E-state index >= 15 is 0 Å². The van der Waals surface area contributed by atoms with E-state index in [1.165, 1.54) is 30.3 Å². The van der Waals surface area contributed by atoms with Crippen molar-refractivity contribution in [3.05, 3.63) is 53.8 Å². The summed E-state index contributed by atoms with van der Waals surface area (Å²) in [5.41, 5.74) is 0.525. The summed E-state index contributed by atoms with van der Waals surface area (Å²) in [6, 6.07) is 10.2. The zero-order valence-corrected chi connectivity index (χ0v) is 12.8. The molecule has 0 spiro atoms. The second kappa shape index (κ2) is 6.69. The van der Waals surface area contributed by atoms with Crippen LogP contribution in [0.2, 0.25) is 0 Å². The van der Waals surface area contributed by atoms with Crippen LogP contribution < -0.4 is 19.5 Å². The normalized spacial score (nSPS) is 32.7. The second-order valence-electron chi connectivity index (χ2n) is 5.67. The van der Waals surface area contributed by atoms with Crippen molar-refractivity contribution in [2.75, 3.05) is 26.4 Å². The Morgan fingerprint density at radius 2 is 2.04 bits per heavy atom. The Labute approximate surface area is 147 Å². The van der Waals surface area contributed by atoms with Gasteiger partial charge in [-0.15, -0.1) is 0 Å². The van der Waals surface area contributed by atoms with Crippen LogP contribution in [0.4, 0.5) is 4.39 Å². The zero-order chi connectivity index (χ0) is 20.9. The first-order valence-electron chi connectivity index (χ1n) is 10.2. The van der Waals surface area contributed by atoms with Crippen molar-refractivity contribution in [1.29, 1.82) is 0 Å². The van der Waals surface area contributed by atoms with Gasteiger partial charge in [0.25, 0.3) is 0 Å². The van der Waals surface area contributed by atoms with Crippen LogP contribution in [-0.4, -0.2) is 26.4 Å². The molecular formula is C19H20FNO3. The predicted molar refractivity (Wildman–Crippen MR) is 88.2 cm³/mol. The minimum Gasteiger partial charge on any atom is -0.493 e. The van der Waals surface area contributed by atoms with Crippen LogP contribution in [0.3, 0.4) is 0 Å². The summed E-state index contributed by atoms with van der Waals surface area (Å²) < 4.78 is 69.3. The standard InChI is InChI=1S/C19H20FNO3/c20-15-3-1-13(2-4-15)17-7-8-21-10-14(17)11-22-16-5-6-18-19(9-16)24-12-23-18/h1-6,9,14,17,21H,7-8,10-12H2/t14-,17?/m0/s1/i8D2,12D2,17D. The summed E-state index contributed by atoms with van der Waals surface area (Å²) in [4.78, 5) is 0. The number of halogens is 1. The molecule has 0 radical (unpaired) electrons. The van der Waals surface area contributed by atoms with Crippen molar-refractivity contribution in [1.82, 2.24) is 5.32 Å². The Kier molecular flexibility index (Phi) is 2.95. The fourth-order valence-corrected chi connectivity index (χ4v) is 2.83. The maximum atomic E-state index is 13.3. The van der Waals surface area contributed by atoms with Crippen molar-refractivity contribution in [3.8, 4) is 17.2 Å². The van der Waals surface area contributed by atoms with Crippen LogP contribution >= 0.6 is 0 Å². The molecule has 0 saturated carbocycles. The largest absolute Gasteiger partial charge is 0.493 e. The molecule has 0 aromatic heterocycles. The molecule has 0 amide bonds. The Balaban J connectivity index is 1.53. The molecule has 1 N–H and O–H groups in total. The fourth-order valence-electron chi connectivity index (χ4n) is 2.83. The first kappa shape index (κ1) is 10.6. The zero-order valence-electron chi connectivity index (χ0n) is 17.8. The summed E-state index contributed by atoms with van der Waals surface area (Å²) in [5.74, 6) is -1.22. The Hall–Kier alpha value is -2.27. The van der Waals surface area contributed by atoms with Gasteiger partial charge in [0.05, 0.1) is 6.61 Å².